The first-order valence-corrected chi connectivity index (χ1v) is 11.2. The standard InChI is InChI=1S/C24H27N5O3/c1-31-20-8-2-17(3-9-20)4-11-22(30)29-14-12-28(13-15-29)21-10-7-19(16-25-21)23-26-24(32-27-23)18-5-6-18/h2-3,7-10,16,18H,4-6,11-15H2,1H3. The third-order valence-electron chi connectivity index (χ3n) is 6.12. The van der Waals surface area contributed by atoms with Gasteiger partial charge in [-0.3, -0.25) is 4.79 Å². The van der Waals surface area contributed by atoms with Crippen molar-refractivity contribution in [1.29, 1.82) is 0 Å². The highest BCUT2D eigenvalue weighted by Crippen LogP contribution is 2.39. The molecule has 0 radical (unpaired) electrons. The Labute approximate surface area is 187 Å². The van der Waals surface area contributed by atoms with E-state index < -0.39 is 0 Å². The smallest absolute Gasteiger partial charge is 0.230 e. The van der Waals surface area contributed by atoms with Crippen LogP contribution in [0.3, 0.4) is 0 Å². The zero-order valence-electron chi connectivity index (χ0n) is 18.2. The summed E-state index contributed by atoms with van der Waals surface area (Å²) in [5, 5.41) is 4.08. The van der Waals surface area contributed by atoms with Crippen LogP contribution in [0.2, 0.25) is 0 Å². The number of amides is 1. The lowest BCUT2D eigenvalue weighted by atomic mass is 10.1. The lowest BCUT2D eigenvalue weighted by Gasteiger charge is -2.35. The van der Waals surface area contributed by atoms with Gasteiger partial charge >= 0.3 is 0 Å². The molecule has 5 rings (SSSR count). The summed E-state index contributed by atoms with van der Waals surface area (Å²) >= 11 is 0. The highest BCUT2D eigenvalue weighted by Gasteiger charge is 2.30. The van der Waals surface area contributed by atoms with Crippen LogP contribution >= 0.6 is 0 Å². The summed E-state index contributed by atoms with van der Waals surface area (Å²) in [5.41, 5.74) is 2.00. The lowest BCUT2D eigenvalue weighted by molar-refractivity contribution is -0.131. The Morgan fingerprint density at radius 3 is 2.53 bits per heavy atom. The quantitative estimate of drug-likeness (QED) is 0.565. The van der Waals surface area contributed by atoms with Gasteiger partial charge in [-0.2, -0.15) is 4.98 Å². The zero-order valence-corrected chi connectivity index (χ0v) is 18.2. The monoisotopic (exact) mass is 433 g/mol. The van der Waals surface area contributed by atoms with E-state index in [0.29, 0.717) is 31.3 Å². The van der Waals surface area contributed by atoms with E-state index in [1.165, 1.54) is 0 Å². The van der Waals surface area contributed by atoms with Crippen LogP contribution in [0.1, 0.15) is 36.6 Å². The maximum absolute atomic E-state index is 12.6. The largest absolute Gasteiger partial charge is 0.497 e. The van der Waals surface area contributed by atoms with E-state index in [0.717, 1.165) is 60.9 Å². The number of nitrogens with zero attached hydrogens (tertiary/aromatic N) is 5. The van der Waals surface area contributed by atoms with Gasteiger partial charge in [0.15, 0.2) is 0 Å². The molecule has 1 aliphatic carbocycles. The molecule has 166 valence electrons. The molecule has 1 amide bonds. The Bertz CT molecular complexity index is 1050. The van der Waals surface area contributed by atoms with Crippen molar-refractivity contribution in [3.63, 3.8) is 0 Å². The number of anilines is 1. The molecule has 2 aliphatic rings. The fourth-order valence-corrected chi connectivity index (χ4v) is 3.94. The molecule has 0 bridgehead atoms. The van der Waals surface area contributed by atoms with Gasteiger partial charge in [0.25, 0.3) is 0 Å². The zero-order chi connectivity index (χ0) is 21.9. The van der Waals surface area contributed by atoms with Crippen LogP contribution in [0, 0.1) is 0 Å². The van der Waals surface area contributed by atoms with Gasteiger partial charge in [0.05, 0.1) is 7.11 Å². The maximum atomic E-state index is 12.6. The first-order chi connectivity index (χ1) is 15.7. The van der Waals surface area contributed by atoms with Crippen LogP contribution in [0.15, 0.2) is 47.1 Å². The molecule has 32 heavy (non-hydrogen) atoms. The minimum atomic E-state index is 0.201. The Balaban J connectivity index is 1.11. The van der Waals surface area contributed by atoms with Crippen LogP contribution in [-0.4, -0.2) is 59.2 Å². The molecule has 0 N–H and O–H groups in total. The molecule has 0 atom stereocenters. The SMILES string of the molecule is COc1ccc(CCC(=O)N2CCN(c3ccc(-c4noc(C5CC5)n4)cn3)CC2)cc1. The van der Waals surface area contributed by atoms with E-state index in [1.807, 2.05) is 41.3 Å². The van der Waals surface area contributed by atoms with Crippen molar-refractivity contribution >= 4 is 11.7 Å². The van der Waals surface area contributed by atoms with Crippen molar-refractivity contribution in [2.24, 2.45) is 0 Å². The normalized spacial score (nSPS) is 16.3. The minimum absolute atomic E-state index is 0.201. The van der Waals surface area contributed by atoms with E-state index in [2.05, 4.69) is 20.0 Å². The number of pyridine rings is 1. The second kappa shape index (κ2) is 8.98. The number of carbonyl (C=O) groups excluding carboxylic acids is 1. The molecule has 0 unspecified atom stereocenters. The van der Waals surface area contributed by atoms with Crippen molar-refractivity contribution in [1.82, 2.24) is 20.0 Å². The summed E-state index contributed by atoms with van der Waals surface area (Å²) in [6.07, 6.45) is 5.32. The molecule has 3 heterocycles. The fraction of sp³-hybridized carbons (Fsp3) is 0.417. The second-order valence-electron chi connectivity index (χ2n) is 8.35. The molecule has 1 aliphatic heterocycles. The Morgan fingerprint density at radius 1 is 1.09 bits per heavy atom. The molecule has 8 heteroatoms. The molecular formula is C24H27N5O3. The van der Waals surface area contributed by atoms with E-state index in [9.17, 15) is 4.79 Å². The van der Waals surface area contributed by atoms with E-state index >= 15 is 0 Å². The summed E-state index contributed by atoms with van der Waals surface area (Å²) in [5.74, 6) is 3.71. The van der Waals surface area contributed by atoms with Gasteiger partial charge < -0.3 is 19.1 Å². The number of piperazine rings is 1. The minimum Gasteiger partial charge on any atom is -0.497 e. The van der Waals surface area contributed by atoms with Gasteiger partial charge in [0, 0.05) is 50.3 Å². The molecule has 2 fully saturated rings. The highest BCUT2D eigenvalue weighted by molar-refractivity contribution is 5.76. The number of aromatic nitrogens is 3. The van der Waals surface area contributed by atoms with Crippen molar-refractivity contribution in [2.45, 2.75) is 31.6 Å². The van der Waals surface area contributed by atoms with Crippen molar-refractivity contribution in [3.8, 4) is 17.1 Å². The van der Waals surface area contributed by atoms with Crippen molar-refractivity contribution in [2.75, 3.05) is 38.2 Å². The Kier molecular flexibility index (Phi) is 5.75. The molecule has 1 saturated carbocycles. The molecule has 1 aromatic carbocycles. The number of methoxy groups -OCH3 is 1. The number of hydrogen-bond acceptors (Lipinski definition) is 7. The number of aryl methyl sites for hydroxylation is 1. The lowest BCUT2D eigenvalue weighted by Crippen LogP contribution is -2.49. The average Bonchev–Trinajstić information content (AvgIpc) is 3.59. The fourth-order valence-electron chi connectivity index (χ4n) is 3.94. The van der Waals surface area contributed by atoms with E-state index in [1.54, 1.807) is 13.3 Å². The number of rotatable bonds is 7. The number of hydrogen-bond donors (Lipinski definition) is 0. The average molecular weight is 434 g/mol. The van der Waals surface area contributed by atoms with Gasteiger partial charge in [-0.1, -0.05) is 17.3 Å². The molecule has 3 aromatic rings. The van der Waals surface area contributed by atoms with Crippen LogP contribution in [0.4, 0.5) is 5.82 Å². The third kappa shape index (κ3) is 4.59. The summed E-state index contributed by atoms with van der Waals surface area (Å²) in [4.78, 5) is 25.9. The van der Waals surface area contributed by atoms with Gasteiger partial charge in [-0.25, -0.2) is 4.98 Å². The molecule has 8 nitrogen and oxygen atoms in total. The predicted octanol–water partition coefficient (Wildman–Crippen LogP) is 3.30. The second-order valence-corrected chi connectivity index (χ2v) is 8.35. The van der Waals surface area contributed by atoms with E-state index in [4.69, 9.17) is 9.26 Å². The number of carbonyl (C=O) groups is 1. The number of ether oxygens (including phenoxy) is 1. The van der Waals surface area contributed by atoms with Crippen molar-refractivity contribution < 1.29 is 14.1 Å². The van der Waals surface area contributed by atoms with Gasteiger partial charge in [0.1, 0.15) is 11.6 Å². The van der Waals surface area contributed by atoms with Gasteiger partial charge in [-0.05, 0) is 49.1 Å². The first-order valence-electron chi connectivity index (χ1n) is 11.2. The maximum Gasteiger partial charge on any atom is 0.230 e. The Morgan fingerprint density at radius 2 is 1.88 bits per heavy atom. The molecule has 2 aromatic heterocycles. The summed E-state index contributed by atoms with van der Waals surface area (Å²) in [7, 11) is 1.65. The van der Waals surface area contributed by atoms with Gasteiger partial charge in [0.2, 0.25) is 17.6 Å². The summed E-state index contributed by atoms with van der Waals surface area (Å²) in [6.45, 7) is 2.96. The summed E-state index contributed by atoms with van der Waals surface area (Å²) < 4.78 is 10.5. The third-order valence-corrected chi connectivity index (χ3v) is 6.12. The van der Waals surface area contributed by atoms with Crippen LogP contribution in [0.25, 0.3) is 11.4 Å². The van der Waals surface area contributed by atoms with Crippen LogP contribution in [-0.2, 0) is 11.2 Å². The van der Waals surface area contributed by atoms with Gasteiger partial charge in [-0.15, -0.1) is 0 Å². The summed E-state index contributed by atoms with van der Waals surface area (Å²) in [6, 6.07) is 11.9. The highest BCUT2D eigenvalue weighted by atomic mass is 16.5. The number of benzene rings is 1. The van der Waals surface area contributed by atoms with Crippen molar-refractivity contribution in [3.05, 3.63) is 54.0 Å². The topological polar surface area (TPSA) is 84.6 Å². The first kappa shape index (κ1) is 20.5. The molecule has 1 saturated heterocycles. The van der Waals surface area contributed by atoms with Crippen LogP contribution in [0.5, 0.6) is 5.75 Å². The predicted molar refractivity (Wildman–Crippen MR) is 120 cm³/mol. The Hall–Kier alpha value is -3.42. The molecular weight excluding hydrogens is 406 g/mol. The molecule has 0 spiro atoms. The van der Waals surface area contributed by atoms with Crippen LogP contribution < -0.4 is 9.64 Å². The van der Waals surface area contributed by atoms with E-state index in [-0.39, 0.29) is 5.91 Å².